The first-order valence-electron chi connectivity index (χ1n) is 10.8. The number of carbonyl (C=O) groups is 3. The third kappa shape index (κ3) is 3.43. The van der Waals surface area contributed by atoms with Gasteiger partial charge in [-0.3, -0.25) is 9.59 Å². The highest BCUT2D eigenvalue weighted by atomic mass is 16.2. The van der Waals surface area contributed by atoms with Crippen molar-refractivity contribution in [3.05, 3.63) is 95.1 Å². The number of benzene rings is 3. The zero-order valence-corrected chi connectivity index (χ0v) is 17.7. The quantitative estimate of drug-likeness (QED) is 0.630. The molecule has 2 aliphatic rings. The summed E-state index contributed by atoms with van der Waals surface area (Å²) in [5.74, 6) is -0.467. The lowest BCUT2D eigenvalue weighted by Gasteiger charge is -2.28. The SMILES string of the molecule is CCc1ccc(NC(=O)c2ccc(N3C(=O)C4Cc5ccccc5CN4C3=O)cc2)cc1. The monoisotopic (exact) mass is 425 g/mol. The highest BCUT2D eigenvalue weighted by molar-refractivity contribution is 6.21. The Hall–Kier alpha value is -3.93. The molecular formula is C26H23N3O3. The molecule has 0 spiro atoms. The first kappa shape index (κ1) is 20.0. The van der Waals surface area contributed by atoms with Crippen LogP contribution in [-0.2, 0) is 24.2 Å². The maximum Gasteiger partial charge on any atom is 0.332 e. The van der Waals surface area contributed by atoms with E-state index in [0.717, 1.165) is 23.2 Å². The molecule has 1 saturated heterocycles. The van der Waals surface area contributed by atoms with Crippen LogP contribution in [0.25, 0.3) is 0 Å². The average molecular weight is 425 g/mol. The van der Waals surface area contributed by atoms with Crippen LogP contribution in [0.5, 0.6) is 0 Å². The van der Waals surface area contributed by atoms with E-state index >= 15 is 0 Å². The number of fused-ring (bicyclic) bond motifs is 2. The van der Waals surface area contributed by atoms with Crippen molar-refractivity contribution in [3.8, 4) is 0 Å². The fourth-order valence-corrected chi connectivity index (χ4v) is 4.34. The number of anilines is 2. The molecule has 2 aliphatic heterocycles. The average Bonchev–Trinajstić information content (AvgIpc) is 3.07. The molecule has 32 heavy (non-hydrogen) atoms. The zero-order valence-electron chi connectivity index (χ0n) is 17.7. The second kappa shape index (κ2) is 7.96. The molecule has 3 aromatic rings. The normalized spacial score (nSPS) is 17.2. The van der Waals surface area contributed by atoms with Gasteiger partial charge >= 0.3 is 6.03 Å². The van der Waals surface area contributed by atoms with Crippen LogP contribution >= 0.6 is 0 Å². The maximum absolute atomic E-state index is 13.1. The van der Waals surface area contributed by atoms with Gasteiger partial charge in [0.15, 0.2) is 0 Å². The van der Waals surface area contributed by atoms with Gasteiger partial charge in [0.05, 0.1) is 5.69 Å². The lowest BCUT2D eigenvalue weighted by Crippen LogP contribution is -2.39. The number of rotatable bonds is 4. The summed E-state index contributed by atoms with van der Waals surface area (Å²) < 4.78 is 0. The largest absolute Gasteiger partial charge is 0.332 e. The Labute approximate surface area is 186 Å². The van der Waals surface area contributed by atoms with Crippen molar-refractivity contribution < 1.29 is 14.4 Å². The highest BCUT2D eigenvalue weighted by Gasteiger charge is 2.47. The summed E-state index contributed by atoms with van der Waals surface area (Å²) in [5.41, 5.74) is 5.03. The summed E-state index contributed by atoms with van der Waals surface area (Å²) in [7, 11) is 0. The number of aryl methyl sites for hydroxylation is 1. The fourth-order valence-electron chi connectivity index (χ4n) is 4.34. The minimum absolute atomic E-state index is 0.224. The smallest absolute Gasteiger partial charge is 0.322 e. The molecule has 2 heterocycles. The van der Waals surface area contributed by atoms with E-state index < -0.39 is 6.04 Å². The molecule has 6 heteroatoms. The van der Waals surface area contributed by atoms with E-state index in [2.05, 4.69) is 12.2 Å². The van der Waals surface area contributed by atoms with Crippen LogP contribution in [0.4, 0.5) is 16.2 Å². The third-order valence-corrected chi connectivity index (χ3v) is 6.20. The molecule has 160 valence electrons. The van der Waals surface area contributed by atoms with Crippen LogP contribution in [-0.4, -0.2) is 28.8 Å². The lowest BCUT2D eigenvalue weighted by atomic mass is 9.95. The van der Waals surface area contributed by atoms with Gasteiger partial charge in [-0.1, -0.05) is 43.3 Å². The molecule has 0 aromatic heterocycles. The maximum atomic E-state index is 13.1. The Morgan fingerprint density at radius 1 is 0.938 bits per heavy atom. The molecule has 3 aromatic carbocycles. The first-order chi connectivity index (χ1) is 15.5. The highest BCUT2D eigenvalue weighted by Crippen LogP contribution is 2.33. The standard InChI is InChI=1S/C26H23N3O3/c1-2-17-7-11-21(12-8-17)27-24(30)18-9-13-22(14-10-18)29-25(31)23-15-19-5-3-4-6-20(19)16-28(23)26(29)32/h3-14,23H,2,15-16H2,1H3,(H,27,30). The summed E-state index contributed by atoms with van der Waals surface area (Å²) in [5, 5.41) is 2.87. The number of imide groups is 1. The van der Waals surface area contributed by atoms with Crippen molar-refractivity contribution in [3.63, 3.8) is 0 Å². The van der Waals surface area contributed by atoms with Crippen LogP contribution < -0.4 is 10.2 Å². The lowest BCUT2D eigenvalue weighted by molar-refractivity contribution is -0.120. The van der Waals surface area contributed by atoms with Crippen LogP contribution in [0.3, 0.4) is 0 Å². The summed E-state index contributed by atoms with van der Waals surface area (Å²) in [6, 6.07) is 21.4. The van der Waals surface area contributed by atoms with Crippen LogP contribution in [0.15, 0.2) is 72.8 Å². The molecule has 0 bridgehead atoms. The fraction of sp³-hybridized carbons (Fsp3) is 0.192. The van der Waals surface area contributed by atoms with Crippen molar-refractivity contribution in [2.24, 2.45) is 0 Å². The number of hydrogen-bond acceptors (Lipinski definition) is 3. The summed E-state index contributed by atoms with van der Waals surface area (Å²) in [4.78, 5) is 41.5. The predicted octanol–water partition coefficient (Wildman–Crippen LogP) is 4.39. The van der Waals surface area contributed by atoms with Gasteiger partial charge in [-0.15, -0.1) is 0 Å². The minimum atomic E-state index is -0.480. The van der Waals surface area contributed by atoms with Crippen LogP contribution in [0, 0.1) is 0 Å². The van der Waals surface area contributed by atoms with Gasteiger partial charge in [-0.05, 0) is 59.5 Å². The Morgan fingerprint density at radius 3 is 2.31 bits per heavy atom. The molecule has 0 saturated carbocycles. The van der Waals surface area contributed by atoms with Gasteiger partial charge in [0.25, 0.3) is 11.8 Å². The number of amides is 4. The second-order valence-corrected chi connectivity index (χ2v) is 8.12. The second-order valence-electron chi connectivity index (χ2n) is 8.12. The Bertz CT molecular complexity index is 1160. The Balaban J connectivity index is 1.32. The zero-order chi connectivity index (χ0) is 22.2. The van der Waals surface area contributed by atoms with E-state index in [-0.39, 0.29) is 17.8 Å². The van der Waals surface area contributed by atoms with E-state index in [1.165, 1.54) is 10.5 Å². The third-order valence-electron chi connectivity index (χ3n) is 6.20. The molecule has 1 unspecified atom stereocenters. The predicted molar refractivity (Wildman–Crippen MR) is 123 cm³/mol. The molecule has 4 amide bonds. The minimum Gasteiger partial charge on any atom is -0.322 e. The van der Waals surface area contributed by atoms with Crippen molar-refractivity contribution in [2.75, 3.05) is 10.2 Å². The van der Waals surface area contributed by atoms with Gasteiger partial charge in [-0.2, -0.15) is 0 Å². The van der Waals surface area contributed by atoms with Crippen molar-refractivity contribution in [1.29, 1.82) is 0 Å². The first-order valence-corrected chi connectivity index (χ1v) is 10.8. The molecule has 1 atom stereocenters. The number of nitrogens with zero attached hydrogens (tertiary/aromatic N) is 2. The molecular weight excluding hydrogens is 402 g/mol. The Kier molecular flexibility index (Phi) is 4.98. The summed E-state index contributed by atoms with van der Waals surface area (Å²) in [6.07, 6.45) is 1.46. The molecule has 0 aliphatic carbocycles. The number of carbonyl (C=O) groups excluding carboxylic acids is 3. The van der Waals surface area contributed by atoms with E-state index in [1.807, 2.05) is 48.5 Å². The number of nitrogens with one attached hydrogen (secondary N) is 1. The van der Waals surface area contributed by atoms with Crippen molar-refractivity contribution in [2.45, 2.75) is 32.4 Å². The topological polar surface area (TPSA) is 69.7 Å². The van der Waals surface area contributed by atoms with Gasteiger partial charge < -0.3 is 10.2 Å². The van der Waals surface area contributed by atoms with E-state index in [0.29, 0.717) is 24.2 Å². The van der Waals surface area contributed by atoms with Gasteiger partial charge in [-0.25, -0.2) is 9.69 Å². The van der Waals surface area contributed by atoms with Gasteiger partial charge in [0.1, 0.15) is 6.04 Å². The van der Waals surface area contributed by atoms with Crippen LogP contribution in [0.2, 0.25) is 0 Å². The summed E-state index contributed by atoms with van der Waals surface area (Å²) in [6.45, 7) is 2.51. The van der Waals surface area contributed by atoms with E-state index in [1.54, 1.807) is 29.2 Å². The van der Waals surface area contributed by atoms with E-state index in [9.17, 15) is 14.4 Å². The van der Waals surface area contributed by atoms with E-state index in [4.69, 9.17) is 0 Å². The van der Waals surface area contributed by atoms with Gasteiger partial charge in [0, 0.05) is 24.2 Å². The number of hydrogen-bond donors (Lipinski definition) is 1. The van der Waals surface area contributed by atoms with Crippen molar-refractivity contribution >= 4 is 29.2 Å². The molecule has 0 radical (unpaired) electrons. The summed E-state index contributed by atoms with van der Waals surface area (Å²) >= 11 is 0. The molecule has 6 nitrogen and oxygen atoms in total. The Morgan fingerprint density at radius 2 is 1.62 bits per heavy atom. The molecule has 5 rings (SSSR count). The molecule has 1 N–H and O–H groups in total. The van der Waals surface area contributed by atoms with Crippen LogP contribution in [0.1, 0.15) is 34.0 Å². The van der Waals surface area contributed by atoms with Gasteiger partial charge in [0.2, 0.25) is 0 Å². The van der Waals surface area contributed by atoms with Crippen molar-refractivity contribution in [1.82, 2.24) is 4.90 Å². The number of urea groups is 1. The molecule has 1 fully saturated rings.